The lowest BCUT2D eigenvalue weighted by atomic mass is 10.1. The number of ether oxygens (including phenoxy) is 1. The maximum absolute atomic E-state index is 12.0. The molecule has 0 bridgehead atoms. The molecule has 6 nitrogen and oxygen atoms in total. The van der Waals surface area contributed by atoms with Crippen molar-refractivity contribution >= 4 is 17.4 Å². The predicted octanol–water partition coefficient (Wildman–Crippen LogP) is 1.56. The van der Waals surface area contributed by atoms with Crippen molar-refractivity contribution in [3.05, 3.63) is 35.5 Å². The van der Waals surface area contributed by atoms with E-state index in [1.165, 1.54) is 7.11 Å². The minimum absolute atomic E-state index is 0.270. The Morgan fingerprint density at radius 1 is 1.44 bits per heavy atom. The van der Waals surface area contributed by atoms with Gasteiger partial charge in [-0.25, -0.2) is 0 Å². The van der Waals surface area contributed by atoms with Crippen LogP contribution in [0, 0.1) is 6.92 Å². The van der Waals surface area contributed by atoms with Gasteiger partial charge >= 0.3 is 0 Å². The number of rotatable bonds is 3. The molecule has 0 atom stereocenters. The summed E-state index contributed by atoms with van der Waals surface area (Å²) in [4.78, 5) is 12.0. The van der Waals surface area contributed by atoms with Gasteiger partial charge in [0.15, 0.2) is 0 Å². The summed E-state index contributed by atoms with van der Waals surface area (Å²) < 4.78 is 5.06. The zero-order valence-corrected chi connectivity index (χ0v) is 10.2. The van der Waals surface area contributed by atoms with Crippen LogP contribution in [0.3, 0.4) is 0 Å². The zero-order valence-electron chi connectivity index (χ0n) is 10.2. The molecular weight excluding hydrogens is 232 g/mol. The number of anilines is 2. The summed E-state index contributed by atoms with van der Waals surface area (Å²) in [5, 5.41) is 9.25. The minimum atomic E-state index is -0.270. The molecule has 0 fully saturated rings. The maximum Gasteiger partial charge on any atom is 0.257 e. The van der Waals surface area contributed by atoms with E-state index >= 15 is 0 Å². The SMILES string of the molecule is COc1cc(N)cc(C(=O)Nc2[nH]ncc2C)c1. The van der Waals surface area contributed by atoms with E-state index in [4.69, 9.17) is 10.5 Å². The van der Waals surface area contributed by atoms with Crippen molar-refractivity contribution in [2.45, 2.75) is 6.92 Å². The van der Waals surface area contributed by atoms with Gasteiger partial charge in [0.25, 0.3) is 5.91 Å². The number of carbonyl (C=O) groups excluding carboxylic acids is 1. The number of H-pyrrole nitrogens is 1. The highest BCUT2D eigenvalue weighted by molar-refractivity contribution is 6.04. The third kappa shape index (κ3) is 2.42. The average molecular weight is 246 g/mol. The molecule has 94 valence electrons. The molecule has 0 unspecified atom stereocenters. The zero-order chi connectivity index (χ0) is 13.1. The van der Waals surface area contributed by atoms with Crippen molar-refractivity contribution in [3.63, 3.8) is 0 Å². The van der Waals surface area contributed by atoms with E-state index in [9.17, 15) is 4.79 Å². The normalized spacial score (nSPS) is 10.1. The second-order valence-corrected chi connectivity index (χ2v) is 3.88. The number of methoxy groups -OCH3 is 1. The summed E-state index contributed by atoms with van der Waals surface area (Å²) in [6.45, 7) is 1.85. The second-order valence-electron chi connectivity index (χ2n) is 3.88. The number of benzene rings is 1. The van der Waals surface area contributed by atoms with E-state index in [1.807, 2.05) is 6.92 Å². The fourth-order valence-electron chi connectivity index (χ4n) is 1.53. The molecule has 0 aliphatic carbocycles. The van der Waals surface area contributed by atoms with Gasteiger partial charge in [0.05, 0.1) is 13.3 Å². The van der Waals surface area contributed by atoms with Gasteiger partial charge in [0.1, 0.15) is 11.6 Å². The van der Waals surface area contributed by atoms with Crippen LogP contribution in [0.25, 0.3) is 0 Å². The third-order valence-corrected chi connectivity index (χ3v) is 2.49. The van der Waals surface area contributed by atoms with Gasteiger partial charge in [0, 0.05) is 22.9 Å². The van der Waals surface area contributed by atoms with Crippen LogP contribution in [0.1, 0.15) is 15.9 Å². The Hall–Kier alpha value is -2.50. The summed E-state index contributed by atoms with van der Waals surface area (Å²) in [6.07, 6.45) is 1.63. The summed E-state index contributed by atoms with van der Waals surface area (Å²) in [5.41, 5.74) is 7.46. The molecule has 18 heavy (non-hydrogen) atoms. The fourth-order valence-corrected chi connectivity index (χ4v) is 1.53. The second kappa shape index (κ2) is 4.79. The van der Waals surface area contributed by atoms with Gasteiger partial charge in [-0.15, -0.1) is 0 Å². The number of hydrogen-bond acceptors (Lipinski definition) is 4. The summed E-state index contributed by atoms with van der Waals surface area (Å²) in [6, 6.07) is 4.86. The number of nitrogens with zero attached hydrogens (tertiary/aromatic N) is 1. The van der Waals surface area contributed by atoms with Crippen LogP contribution >= 0.6 is 0 Å². The molecule has 0 saturated heterocycles. The Morgan fingerprint density at radius 3 is 2.83 bits per heavy atom. The Balaban J connectivity index is 2.24. The van der Waals surface area contributed by atoms with E-state index in [0.717, 1.165) is 5.56 Å². The first-order valence-corrected chi connectivity index (χ1v) is 5.36. The molecule has 1 heterocycles. The number of nitrogens with two attached hydrogens (primary N) is 1. The molecule has 0 spiro atoms. The molecule has 6 heteroatoms. The monoisotopic (exact) mass is 246 g/mol. The number of amides is 1. The van der Waals surface area contributed by atoms with E-state index < -0.39 is 0 Å². The smallest absolute Gasteiger partial charge is 0.257 e. The number of nitrogens with one attached hydrogen (secondary N) is 2. The quantitative estimate of drug-likeness (QED) is 0.716. The van der Waals surface area contributed by atoms with Crippen LogP contribution < -0.4 is 15.8 Å². The van der Waals surface area contributed by atoms with Crippen molar-refractivity contribution in [2.24, 2.45) is 0 Å². The number of carbonyl (C=O) groups is 1. The van der Waals surface area contributed by atoms with Crippen molar-refractivity contribution in [2.75, 3.05) is 18.2 Å². The lowest BCUT2D eigenvalue weighted by molar-refractivity contribution is 0.102. The first-order valence-electron chi connectivity index (χ1n) is 5.36. The summed E-state index contributed by atoms with van der Waals surface area (Å²) in [7, 11) is 1.52. The highest BCUT2D eigenvalue weighted by Crippen LogP contribution is 2.19. The van der Waals surface area contributed by atoms with Crippen molar-refractivity contribution in [1.29, 1.82) is 0 Å². The van der Waals surface area contributed by atoms with Crippen molar-refractivity contribution < 1.29 is 9.53 Å². The van der Waals surface area contributed by atoms with Crippen molar-refractivity contribution in [3.8, 4) is 5.75 Å². The van der Waals surface area contributed by atoms with Crippen LogP contribution in [0.4, 0.5) is 11.5 Å². The van der Waals surface area contributed by atoms with Gasteiger partial charge in [0.2, 0.25) is 0 Å². The fraction of sp³-hybridized carbons (Fsp3) is 0.167. The molecule has 0 aliphatic rings. The van der Waals surface area contributed by atoms with Crippen LogP contribution in [0.2, 0.25) is 0 Å². The molecule has 2 aromatic rings. The van der Waals surface area contributed by atoms with Crippen molar-refractivity contribution in [1.82, 2.24) is 10.2 Å². The maximum atomic E-state index is 12.0. The minimum Gasteiger partial charge on any atom is -0.497 e. The van der Waals surface area contributed by atoms with E-state index in [0.29, 0.717) is 22.8 Å². The standard InChI is InChI=1S/C12H14N4O2/c1-7-6-14-16-11(7)15-12(17)8-3-9(13)5-10(4-8)18-2/h3-6H,13H2,1-2H3,(H2,14,15,16,17). The topological polar surface area (TPSA) is 93.0 Å². The Labute approximate surface area is 104 Å². The molecule has 1 aromatic carbocycles. The number of nitrogen functional groups attached to an aromatic ring is 1. The molecule has 0 saturated carbocycles. The van der Waals surface area contributed by atoms with E-state index in [2.05, 4.69) is 15.5 Å². The van der Waals surface area contributed by atoms with Crippen LogP contribution in [-0.2, 0) is 0 Å². The molecule has 0 radical (unpaired) electrons. The largest absolute Gasteiger partial charge is 0.497 e. The number of aromatic amines is 1. The Bertz CT molecular complexity index is 577. The van der Waals surface area contributed by atoms with E-state index in [-0.39, 0.29) is 5.91 Å². The average Bonchev–Trinajstić information content (AvgIpc) is 2.74. The number of aryl methyl sites for hydroxylation is 1. The van der Waals surface area contributed by atoms with Crippen LogP contribution in [-0.4, -0.2) is 23.2 Å². The van der Waals surface area contributed by atoms with Gasteiger partial charge in [-0.05, 0) is 19.1 Å². The molecule has 1 aromatic heterocycles. The number of hydrogen-bond donors (Lipinski definition) is 3. The van der Waals surface area contributed by atoms with Gasteiger partial charge in [-0.2, -0.15) is 5.10 Å². The van der Waals surface area contributed by atoms with Gasteiger partial charge in [-0.1, -0.05) is 0 Å². The predicted molar refractivity (Wildman–Crippen MR) is 68.7 cm³/mol. The molecule has 2 rings (SSSR count). The molecular formula is C12H14N4O2. The number of aromatic nitrogens is 2. The van der Waals surface area contributed by atoms with E-state index in [1.54, 1.807) is 24.4 Å². The lowest BCUT2D eigenvalue weighted by Gasteiger charge is -2.07. The van der Waals surface area contributed by atoms with Crippen LogP contribution in [0.15, 0.2) is 24.4 Å². The van der Waals surface area contributed by atoms with Crippen LogP contribution in [0.5, 0.6) is 5.75 Å². The Kier molecular flexibility index (Phi) is 3.18. The van der Waals surface area contributed by atoms with Gasteiger partial charge < -0.3 is 15.8 Å². The molecule has 1 amide bonds. The van der Waals surface area contributed by atoms with Gasteiger partial charge in [-0.3, -0.25) is 9.89 Å². The lowest BCUT2D eigenvalue weighted by Crippen LogP contribution is -2.13. The molecule has 4 N–H and O–H groups in total. The summed E-state index contributed by atoms with van der Waals surface area (Å²) in [5.74, 6) is 0.843. The first-order chi connectivity index (χ1) is 8.60. The first kappa shape index (κ1) is 12.0. The highest BCUT2D eigenvalue weighted by Gasteiger charge is 2.10. The summed E-state index contributed by atoms with van der Waals surface area (Å²) >= 11 is 0. The molecule has 0 aliphatic heterocycles. The highest BCUT2D eigenvalue weighted by atomic mass is 16.5. The Morgan fingerprint density at radius 2 is 2.22 bits per heavy atom. The third-order valence-electron chi connectivity index (χ3n) is 2.49.